The van der Waals surface area contributed by atoms with Crippen molar-refractivity contribution >= 4 is 23.1 Å². The predicted octanol–water partition coefficient (Wildman–Crippen LogP) is 2.08. The van der Waals surface area contributed by atoms with Gasteiger partial charge in [-0.15, -0.1) is 0 Å². The van der Waals surface area contributed by atoms with Crippen LogP contribution in [0.1, 0.15) is 31.9 Å². The van der Waals surface area contributed by atoms with Crippen LogP contribution < -0.4 is 5.73 Å². The molecule has 20 heavy (non-hydrogen) atoms. The van der Waals surface area contributed by atoms with Crippen LogP contribution in [0.5, 0.6) is 0 Å². The molecule has 0 saturated carbocycles. The third kappa shape index (κ3) is 2.45. The van der Waals surface area contributed by atoms with Crippen LogP contribution in [0.15, 0.2) is 12.3 Å². The van der Waals surface area contributed by atoms with Crippen LogP contribution >= 0.6 is 0 Å². The van der Waals surface area contributed by atoms with E-state index in [4.69, 9.17) is 10.5 Å². The number of nitrogens with two attached hydrogens (primary N) is 1. The van der Waals surface area contributed by atoms with Crippen molar-refractivity contribution in [3.63, 3.8) is 0 Å². The summed E-state index contributed by atoms with van der Waals surface area (Å²) in [5.74, 6) is 0.284. The Morgan fingerprint density at radius 2 is 2.20 bits per heavy atom. The average Bonchev–Trinajstić information content (AvgIpc) is 2.73. The van der Waals surface area contributed by atoms with Crippen LogP contribution in [-0.4, -0.2) is 27.6 Å². The number of nitrogens with zero attached hydrogens (tertiary/aromatic N) is 3. The Labute approximate surface area is 118 Å². The van der Waals surface area contributed by atoms with Crippen LogP contribution in [0.2, 0.25) is 0 Å². The van der Waals surface area contributed by atoms with Crippen molar-refractivity contribution in [3.05, 3.63) is 17.8 Å². The second-order valence-corrected chi connectivity index (χ2v) is 5.31. The molecule has 0 radical (unpaired) electrons. The molecule has 2 aromatic rings. The Bertz CT molecular complexity index is 633. The molecule has 0 spiro atoms. The molecule has 6 heteroatoms. The van der Waals surface area contributed by atoms with Crippen LogP contribution in [-0.2, 0) is 9.53 Å². The number of nitrogen functional groups attached to an aromatic ring is 1. The molecule has 6 nitrogen and oxygen atoms in total. The van der Waals surface area contributed by atoms with Gasteiger partial charge in [-0.1, -0.05) is 13.8 Å². The number of carbonyl (C=O) groups excluding carboxylic acids is 1. The van der Waals surface area contributed by atoms with E-state index in [-0.39, 0.29) is 11.9 Å². The molecule has 2 aromatic heterocycles. The average molecular weight is 276 g/mol. The maximum absolute atomic E-state index is 12.1. The molecule has 0 fully saturated rings. The van der Waals surface area contributed by atoms with Crippen LogP contribution in [0, 0.1) is 12.8 Å². The molecule has 1 unspecified atom stereocenters. The molecule has 0 bridgehead atoms. The lowest BCUT2D eigenvalue weighted by Crippen LogP contribution is -2.24. The van der Waals surface area contributed by atoms with Crippen molar-refractivity contribution in [2.45, 2.75) is 33.2 Å². The van der Waals surface area contributed by atoms with Gasteiger partial charge >= 0.3 is 5.97 Å². The summed E-state index contributed by atoms with van der Waals surface area (Å²) in [4.78, 5) is 20.7. The number of carbonyl (C=O) groups is 1. The van der Waals surface area contributed by atoms with Gasteiger partial charge in [0.15, 0.2) is 5.65 Å². The van der Waals surface area contributed by atoms with Crippen LogP contribution in [0.3, 0.4) is 0 Å². The summed E-state index contributed by atoms with van der Waals surface area (Å²) >= 11 is 0. The predicted molar refractivity (Wildman–Crippen MR) is 77.2 cm³/mol. The molecule has 0 aliphatic rings. The summed E-state index contributed by atoms with van der Waals surface area (Å²) < 4.78 is 6.58. The fraction of sp³-hybridized carbons (Fsp3) is 0.500. The molecular weight excluding hydrogens is 256 g/mol. The minimum Gasteiger partial charge on any atom is -0.467 e. The molecule has 2 heterocycles. The molecular formula is C14H20N4O2. The van der Waals surface area contributed by atoms with E-state index in [1.807, 2.05) is 26.8 Å². The number of ether oxygens (including phenoxy) is 1. The van der Waals surface area contributed by atoms with E-state index in [0.717, 1.165) is 11.1 Å². The molecule has 2 N–H and O–H groups in total. The van der Waals surface area contributed by atoms with Crippen LogP contribution in [0.4, 0.5) is 5.95 Å². The zero-order valence-corrected chi connectivity index (χ0v) is 12.3. The first-order chi connectivity index (χ1) is 9.45. The zero-order valence-electron chi connectivity index (χ0n) is 12.3. The summed E-state index contributed by atoms with van der Waals surface area (Å²) in [5, 5.41) is 0. The van der Waals surface area contributed by atoms with Gasteiger partial charge in [-0.05, 0) is 30.9 Å². The fourth-order valence-corrected chi connectivity index (χ4v) is 2.32. The van der Waals surface area contributed by atoms with Crippen molar-refractivity contribution < 1.29 is 9.53 Å². The van der Waals surface area contributed by atoms with Gasteiger partial charge in [0.1, 0.15) is 11.6 Å². The summed E-state index contributed by atoms with van der Waals surface area (Å²) in [5.41, 5.74) is 8.32. The quantitative estimate of drug-likeness (QED) is 0.864. The monoisotopic (exact) mass is 276 g/mol. The second-order valence-electron chi connectivity index (χ2n) is 5.31. The highest BCUT2D eigenvalue weighted by atomic mass is 16.5. The van der Waals surface area contributed by atoms with Crippen molar-refractivity contribution in [1.29, 1.82) is 0 Å². The van der Waals surface area contributed by atoms with Crippen molar-refractivity contribution in [2.75, 3.05) is 12.8 Å². The molecule has 0 aromatic carbocycles. The van der Waals surface area contributed by atoms with E-state index in [1.165, 1.54) is 7.11 Å². The SMILES string of the molecule is COC(=O)C(CC(C)C)n1c(N)nc2c(C)ccnc21. The smallest absolute Gasteiger partial charge is 0.329 e. The Kier molecular flexibility index (Phi) is 3.92. The van der Waals surface area contributed by atoms with E-state index >= 15 is 0 Å². The number of esters is 1. The van der Waals surface area contributed by atoms with E-state index in [1.54, 1.807) is 10.8 Å². The van der Waals surface area contributed by atoms with E-state index in [0.29, 0.717) is 18.0 Å². The van der Waals surface area contributed by atoms with Gasteiger partial charge in [-0.25, -0.2) is 14.8 Å². The fourth-order valence-electron chi connectivity index (χ4n) is 2.32. The molecule has 0 saturated heterocycles. The lowest BCUT2D eigenvalue weighted by atomic mass is 10.0. The topological polar surface area (TPSA) is 83.0 Å². The van der Waals surface area contributed by atoms with Gasteiger partial charge in [-0.3, -0.25) is 4.57 Å². The number of aryl methyl sites for hydroxylation is 1. The summed E-state index contributed by atoms with van der Waals surface area (Å²) in [6.07, 6.45) is 2.32. The minimum atomic E-state index is -0.501. The molecule has 108 valence electrons. The van der Waals surface area contributed by atoms with Gasteiger partial charge in [0, 0.05) is 6.20 Å². The Hall–Kier alpha value is -2.11. The first kappa shape index (κ1) is 14.3. The largest absolute Gasteiger partial charge is 0.467 e. The first-order valence-electron chi connectivity index (χ1n) is 6.62. The van der Waals surface area contributed by atoms with Crippen LogP contribution in [0.25, 0.3) is 11.2 Å². The number of methoxy groups -OCH3 is 1. The van der Waals surface area contributed by atoms with E-state index in [2.05, 4.69) is 9.97 Å². The third-order valence-corrected chi connectivity index (χ3v) is 3.29. The maximum Gasteiger partial charge on any atom is 0.329 e. The van der Waals surface area contributed by atoms with E-state index < -0.39 is 6.04 Å². The number of pyridine rings is 1. The number of imidazole rings is 1. The zero-order chi connectivity index (χ0) is 14.9. The molecule has 1 atom stereocenters. The summed E-state index contributed by atoms with van der Waals surface area (Å²) in [6.45, 7) is 6.03. The minimum absolute atomic E-state index is 0.290. The summed E-state index contributed by atoms with van der Waals surface area (Å²) in [6, 6.07) is 1.37. The van der Waals surface area contributed by atoms with Crippen molar-refractivity contribution in [3.8, 4) is 0 Å². The highest BCUT2D eigenvalue weighted by Crippen LogP contribution is 2.28. The molecule has 0 aliphatic heterocycles. The van der Waals surface area contributed by atoms with Gasteiger partial charge in [0.05, 0.1) is 7.11 Å². The standard InChI is InChI=1S/C14H20N4O2/c1-8(2)7-10(13(19)20-4)18-12-11(17-14(18)15)9(3)5-6-16-12/h5-6,8,10H,7H2,1-4H3,(H2,15,17). The number of rotatable bonds is 4. The van der Waals surface area contributed by atoms with Crippen molar-refractivity contribution in [2.24, 2.45) is 5.92 Å². The molecule has 0 aliphatic carbocycles. The van der Waals surface area contributed by atoms with E-state index in [9.17, 15) is 4.79 Å². The highest BCUT2D eigenvalue weighted by molar-refractivity contribution is 5.82. The first-order valence-corrected chi connectivity index (χ1v) is 6.62. The lowest BCUT2D eigenvalue weighted by Gasteiger charge is -2.19. The third-order valence-electron chi connectivity index (χ3n) is 3.29. The molecule has 2 rings (SSSR count). The number of anilines is 1. The lowest BCUT2D eigenvalue weighted by molar-refractivity contribution is -0.145. The molecule has 0 amide bonds. The number of fused-ring (bicyclic) bond motifs is 1. The van der Waals surface area contributed by atoms with Gasteiger partial charge in [-0.2, -0.15) is 0 Å². The van der Waals surface area contributed by atoms with Gasteiger partial charge in [0.2, 0.25) is 5.95 Å². The maximum atomic E-state index is 12.1. The Balaban J connectivity index is 2.61. The Morgan fingerprint density at radius 1 is 1.50 bits per heavy atom. The van der Waals surface area contributed by atoms with Gasteiger partial charge < -0.3 is 10.5 Å². The Morgan fingerprint density at radius 3 is 2.80 bits per heavy atom. The number of aromatic nitrogens is 3. The van der Waals surface area contributed by atoms with Gasteiger partial charge in [0.25, 0.3) is 0 Å². The second kappa shape index (κ2) is 5.48. The number of hydrogen-bond donors (Lipinski definition) is 1. The van der Waals surface area contributed by atoms with Crippen molar-refractivity contribution in [1.82, 2.24) is 14.5 Å². The summed E-state index contributed by atoms with van der Waals surface area (Å²) in [7, 11) is 1.38. The normalized spacial score (nSPS) is 12.8. The number of hydrogen-bond acceptors (Lipinski definition) is 5. The highest BCUT2D eigenvalue weighted by Gasteiger charge is 2.27.